The number of carbonyl (C=O) groups is 3. The van der Waals surface area contributed by atoms with E-state index in [4.69, 9.17) is 4.98 Å². The van der Waals surface area contributed by atoms with Gasteiger partial charge in [-0.15, -0.1) is 10.2 Å². The van der Waals surface area contributed by atoms with Gasteiger partial charge in [-0.1, -0.05) is 17.4 Å². The van der Waals surface area contributed by atoms with Crippen molar-refractivity contribution in [2.75, 3.05) is 43.4 Å². The maximum atomic E-state index is 13.6. The van der Waals surface area contributed by atoms with Crippen molar-refractivity contribution in [1.29, 1.82) is 5.26 Å². The standard InChI is InChI=1S/C37H37N11O3S/c1-39-29-17-30(31-9-7-26-16-22(18-38)19-42-48(26)31)40-21-28(29)36-45-44-35(52-36)23-2-4-24(5-3-23)37(51)47-14-12-46(13-15-47)32-10-6-25(20-41-32)27-8-11-33(49)43-34(27)50/h6-7,9-10,16-17,19-21,23-24,27H,2-5,8,11-15H2,1H3,(H,39,40)(H,43,49,50)/t23?,24?,27-/m1/s1. The number of hydrogen-bond donors (Lipinski definition) is 2. The summed E-state index contributed by atoms with van der Waals surface area (Å²) in [4.78, 5) is 50.8. The summed E-state index contributed by atoms with van der Waals surface area (Å²) in [5, 5.41) is 30.3. The highest BCUT2D eigenvalue weighted by atomic mass is 32.1. The molecule has 1 saturated carbocycles. The summed E-state index contributed by atoms with van der Waals surface area (Å²) in [7, 11) is 1.87. The largest absolute Gasteiger partial charge is 0.387 e. The average molecular weight is 716 g/mol. The number of rotatable bonds is 7. The third-order valence-corrected chi connectivity index (χ3v) is 11.6. The quantitative estimate of drug-likeness (QED) is 0.229. The van der Waals surface area contributed by atoms with Gasteiger partial charge in [0.05, 0.1) is 40.1 Å². The number of piperidine rings is 1. The van der Waals surface area contributed by atoms with Crippen LogP contribution >= 0.6 is 11.3 Å². The van der Waals surface area contributed by atoms with Gasteiger partial charge in [0.2, 0.25) is 17.7 Å². The summed E-state index contributed by atoms with van der Waals surface area (Å²) in [5.41, 5.74) is 5.47. The molecule has 15 heteroatoms. The second kappa shape index (κ2) is 14.1. The first kappa shape index (κ1) is 33.4. The van der Waals surface area contributed by atoms with Crippen LogP contribution in [-0.4, -0.2) is 85.6 Å². The van der Waals surface area contributed by atoms with Crippen molar-refractivity contribution in [3.05, 3.63) is 71.1 Å². The van der Waals surface area contributed by atoms with Crippen LogP contribution in [-0.2, 0) is 14.4 Å². The summed E-state index contributed by atoms with van der Waals surface area (Å²) < 4.78 is 1.78. The van der Waals surface area contributed by atoms with Gasteiger partial charge in [0.15, 0.2) is 5.01 Å². The highest BCUT2D eigenvalue weighted by molar-refractivity contribution is 7.14. The summed E-state index contributed by atoms with van der Waals surface area (Å²) in [5.74, 6) is 0.508. The normalized spacial score (nSPS) is 20.8. The van der Waals surface area contributed by atoms with Gasteiger partial charge in [-0.3, -0.25) is 24.7 Å². The van der Waals surface area contributed by atoms with Gasteiger partial charge in [0.1, 0.15) is 16.9 Å². The number of nitrogens with zero attached hydrogens (tertiary/aromatic N) is 9. The van der Waals surface area contributed by atoms with Crippen molar-refractivity contribution in [3.8, 4) is 28.0 Å². The summed E-state index contributed by atoms with van der Waals surface area (Å²) in [6.07, 6.45) is 9.38. The molecule has 2 aliphatic heterocycles. The van der Waals surface area contributed by atoms with Crippen molar-refractivity contribution in [2.45, 2.75) is 50.4 Å². The fraction of sp³-hybridized carbons (Fsp3) is 0.378. The molecule has 5 aromatic rings. The Balaban J connectivity index is 0.852. The van der Waals surface area contributed by atoms with E-state index >= 15 is 0 Å². The zero-order chi connectivity index (χ0) is 35.8. The molecule has 0 spiro atoms. The number of fused-ring (bicyclic) bond motifs is 1. The third kappa shape index (κ3) is 6.45. The molecule has 5 aromatic heterocycles. The topological polar surface area (TPSA) is 174 Å². The third-order valence-electron chi connectivity index (χ3n) is 10.5. The van der Waals surface area contributed by atoms with E-state index in [1.54, 1.807) is 34.3 Å². The molecule has 14 nitrogen and oxygen atoms in total. The van der Waals surface area contributed by atoms with Gasteiger partial charge in [-0.25, -0.2) is 9.50 Å². The summed E-state index contributed by atoms with van der Waals surface area (Å²) in [6, 6.07) is 13.6. The van der Waals surface area contributed by atoms with E-state index < -0.39 is 0 Å². The predicted molar refractivity (Wildman–Crippen MR) is 194 cm³/mol. The SMILES string of the molecule is CNc1cc(-c2ccc3cc(C#N)cnn23)ncc1-c1nnc(C2CCC(C(=O)N3CCN(c4ccc([C@H]5CCC(=O)NC5=O)cn4)CC3)CC2)s1. The van der Waals surface area contributed by atoms with Gasteiger partial charge in [-0.2, -0.15) is 10.4 Å². The van der Waals surface area contributed by atoms with E-state index in [-0.39, 0.29) is 35.5 Å². The van der Waals surface area contributed by atoms with E-state index in [1.807, 2.05) is 48.5 Å². The van der Waals surface area contributed by atoms with Crippen LogP contribution in [0.2, 0.25) is 0 Å². The summed E-state index contributed by atoms with van der Waals surface area (Å²) in [6.45, 7) is 2.70. The number of anilines is 2. The molecule has 3 amide bonds. The van der Waals surface area contributed by atoms with E-state index in [9.17, 15) is 19.6 Å². The fourth-order valence-corrected chi connectivity index (χ4v) is 8.58. The fourth-order valence-electron chi connectivity index (χ4n) is 7.54. The minimum absolute atomic E-state index is 0.0138. The molecule has 1 aliphatic carbocycles. The van der Waals surface area contributed by atoms with Crippen molar-refractivity contribution in [2.24, 2.45) is 5.92 Å². The monoisotopic (exact) mass is 715 g/mol. The van der Waals surface area contributed by atoms with Crippen LogP contribution in [0.15, 0.2) is 55.0 Å². The molecule has 0 radical (unpaired) electrons. The Morgan fingerprint density at radius 1 is 0.962 bits per heavy atom. The van der Waals surface area contributed by atoms with Gasteiger partial charge in [0.25, 0.3) is 0 Å². The average Bonchev–Trinajstić information content (AvgIpc) is 3.86. The second-order valence-corrected chi connectivity index (χ2v) is 14.5. The lowest BCUT2D eigenvalue weighted by Gasteiger charge is -2.38. The van der Waals surface area contributed by atoms with Crippen molar-refractivity contribution in [3.63, 3.8) is 0 Å². The molecule has 3 aliphatic rings. The Hall–Kier alpha value is -5.75. The molecule has 0 unspecified atom stereocenters. The van der Waals surface area contributed by atoms with Crippen molar-refractivity contribution < 1.29 is 14.4 Å². The van der Waals surface area contributed by atoms with Crippen LogP contribution in [0.25, 0.3) is 27.5 Å². The Kier molecular flexibility index (Phi) is 9.06. The first-order valence-corrected chi connectivity index (χ1v) is 18.4. The zero-order valence-electron chi connectivity index (χ0n) is 28.7. The maximum absolute atomic E-state index is 13.6. The Bertz CT molecular complexity index is 2190. The van der Waals surface area contributed by atoms with Crippen LogP contribution in [0.5, 0.6) is 0 Å². The predicted octanol–water partition coefficient (Wildman–Crippen LogP) is 4.37. The molecule has 3 fully saturated rings. The lowest BCUT2D eigenvalue weighted by Crippen LogP contribution is -2.51. The number of carbonyl (C=O) groups excluding carboxylic acids is 3. The van der Waals surface area contributed by atoms with Crippen LogP contribution in [0, 0.1) is 17.2 Å². The highest BCUT2D eigenvalue weighted by Gasteiger charge is 2.33. The number of hydrogen-bond acceptors (Lipinski definition) is 12. The Labute approximate surface area is 303 Å². The van der Waals surface area contributed by atoms with Gasteiger partial charge >= 0.3 is 0 Å². The molecular weight excluding hydrogens is 679 g/mol. The van der Waals surface area contributed by atoms with Gasteiger partial charge in [0, 0.05) is 69.6 Å². The molecule has 264 valence electrons. The number of nitriles is 1. The maximum Gasteiger partial charge on any atom is 0.234 e. The number of aromatic nitrogens is 6. The molecule has 0 bridgehead atoms. The zero-order valence-corrected chi connectivity index (χ0v) is 29.5. The minimum Gasteiger partial charge on any atom is -0.387 e. The van der Waals surface area contributed by atoms with Gasteiger partial charge < -0.3 is 15.1 Å². The molecule has 52 heavy (non-hydrogen) atoms. The second-order valence-electron chi connectivity index (χ2n) is 13.5. The smallest absolute Gasteiger partial charge is 0.234 e. The van der Waals surface area contributed by atoms with Crippen LogP contribution in [0.1, 0.15) is 66.5 Å². The Morgan fingerprint density at radius 2 is 1.79 bits per heavy atom. The van der Waals surface area contributed by atoms with E-state index in [0.29, 0.717) is 44.6 Å². The molecular formula is C37H37N11O3S. The van der Waals surface area contributed by atoms with Crippen molar-refractivity contribution in [1.82, 2.24) is 40.0 Å². The first-order valence-electron chi connectivity index (χ1n) is 17.6. The molecule has 2 N–H and O–H groups in total. The minimum atomic E-state index is -0.351. The molecule has 8 rings (SSSR count). The van der Waals surface area contributed by atoms with Crippen molar-refractivity contribution >= 4 is 46.1 Å². The lowest BCUT2D eigenvalue weighted by atomic mass is 9.81. The first-order chi connectivity index (χ1) is 25.4. The van der Waals surface area contributed by atoms with Crippen LogP contribution < -0.4 is 15.5 Å². The van der Waals surface area contributed by atoms with Crippen LogP contribution in [0.3, 0.4) is 0 Å². The number of nitrogens with one attached hydrogen (secondary N) is 2. The summed E-state index contributed by atoms with van der Waals surface area (Å²) >= 11 is 1.59. The van der Waals surface area contributed by atoms with Crippen LogP contribution in [0.4, 0.5) is 11.5 Å². The van der Waals surface area contributed by atoms with Gasteiger partial charge in [-0.05, 0) is 68.0 Å². The molecule has 0 aromatic carbocycles. The number of piperazine rings is 1. The number of imide groups is 1. The van der Waals surface area contributed by atoms with E-state index in [0.717, 1.165) is 75.2 Å². The number of amides is 3. The number of pyridine rings is 2. The lowest BCUT2D eigenvalue weighted by molar-refractivity contribution is -0.137. The Morgan fingerprint density at radius 3 is 2.52 bits per heavy atom. The van der Waals surface area contributed by atoms with E-state index in [2.05, 4.69) is 41.9 Å². The highest BCUT2D eigenvalue weighted by Crippen LogP contribution is 2.41. The molecule has 1 atom stereocenters. The van der Waals surface area contributed by atoms with E-state index in [1.165, 1.54) is 0 Å². The molecule has 2 saturated heterocycles. The molecule has 7 heterocycles.